The van der Waals surface area contributed by atoms with E-state index in [1.54, 1.807) is 0 Å². The third-order valence-corrected chi connectivity index (χ3v) is 3.40. The molecule has 0 spiro atoms. The monoisotopic (exact) mass is 209 g/mol. The van der Waals surface area contributed by atoms with Gasteiger partial charge < -0.3 is 4.90 Å². The highest BCUT2D eigenvalue weighted by Gasteiger charge is 2.20. The van der Waals surface area contributed by atoms with E-state index in [-0.39, 0.29) is 0 Å². The number of nitrogens with zero attached hydrogens (tertiary/aromatic N) is 1. The molecule has 88 valence electrons. The van der Waals surface area contributed by atoms with Crippen LogP contribution in [0, 0.1) is 0 Å². The molecule has 15 heavy (non-hydrogen) atoms. The van der Waals surface area contributed by atoms with E-state index in [4.69, 9.17) is 0 Å². The summed E-state index contributed by atoms with van der Waals surface area (Å²) in [6.45, 7) is 6.74. The zero-order valence-electron chi connectivity index (χ0n) is 10.5. The first-order valence-electron chi connectivity index (χ1n) is 6.86. The van der Waals surface area contributed by atoms with Gasteiger partial charge in [0.1, 0.15) is 0 Å². The Labute approximate surface area is 95.5 Å². The summed E-state index contributed by atoms with van der Waals surface area (Å²) < 4.78 is 0. The smallest absolute Gasteiger partial charge is 0.00983 e. The standard InChI is InChI=1S/C12H21N.C2H6/c1-2-4-8-12(9-5-3-1)13-10-6-7-11-13;1-2/h1-2,12H,3-11H2;1-2H3/b2-1+;/t12-;/m1./s1. The third kappa shape index (κ3) is 4.38. The van der Waals surface area contributed by atoms with Crippen LogP contribution in [-0.4, -0.2) is 24.0 Å². The molecule has 1 aliphatic heterocycles. The Morgan fingerprint density at radius 2 is 1.53 bits per heavy atom. The summed E-state index contributed by atoms with van der Waals surface area (Å²) in [4.78, 5) is 2.72. The molecule has 0 aromatic rings. The summed E-state index contributed by atoms with van der Waals surface area (Å²) in [6, 6.07) is 0.910. The molecule has 1 aliphatic carbocycles. The lowest BCUT2D eigenvalue weighted by Crippen LogP contribution is -2.32. The average Bonchev–Trinajstić information content (AvgIpc) is 2.73. The molecule has 0 amide bonds. The van der Waals surface area contributed by atoms with Gasteiger partial charge in [-0.3, -0.25) is 0 Å². The molecule has 0 aromatic heterocycles. The van der Waals surface area contributed by atoms with Crippen LogP contribution in [0.15, 0.2) is 12.2 Å². The fraction of sp³-hybridized carbons (Fsp3) is 0.857. The summed E-state index contributed by atoms with van der Waals surface area (Å²) in [7, 11) is 0. The van der Waals surface area contributed by atoms with E-state index in [2.05, 4.69) is 17.1 Å². The second-order valence-electron chi connectivity index (χ2n) is 4.38. The van der Waals surface area contributed by atoms with Gasteiger partial charge in [0.25, 0.3) is 0 Å². The minimum Gasteiger partial charge on any atom is -0.300 e. The van der Waals surface area contributed by atoms with Crippen LogP contribution in [0.25, 0.3) is 0 Å². The van der Waals surface area contributed by atoms with E-state index in [1.807, 2.05) is 13.8 Å². The van der Waals surface area contributed by atoms with Crippen molar-refractivity contribution in [2.24, 2.45) is 0 Å². The van der Waals surface area contributed by atoms with Crippen molar-refractivity contribution < 1.29 is 0 Å². The molecule has 0 N–H and O–H groups in total. The number of hydrogen-bond donors (Lipinski definition) is 0. The third-order valence-electron chi connectivity index (χ3n) is 3.40. The normalized spacial score (nSPS) is 29.9. The predicted molar refractivity (Wildman–Crippen MR) is 68.2 cm³/mol. The Bertz CT molecular complexity index is 168. The highest BCUT2D eigenvalue weighted by molar-refractivity contribution is 4.88. The Balaban J connectivity index is 0.000000531. The van der Waals surface area contributed by atoms with Crippen molar-refractivity contribution in [2.75, 3.05) is 13.1 Å². The second-order valence-corrected chi connectivity index (χ2v) is 4.38. The van der Waals surface area contributed by atoms with E-state index in [9.17, 15) is 0 Å². The zero-order chi connectivity index (χ0) is 10.9. The van der Waals surface area contributed by atoms with Crippen LogP contribution in [0.2, 0.25) is 0 Å². The van der Waals surface area contributed by atoms with E-state index < -0.39 is 0 Å². The largest absolute Gasteiger partial charge is 0.300 e. The average molecular weight is 209 g/mol. The molecule has 1 heterocycles. The quantitative estimate of drug-likeness (QED) is 0.590. The minimum absolute atomic E-state index is 0.910. The van der Waals surface area contributed by atoms with Gasteiger partial charge in [-0.2, -0.15) is 0 Å². The summed E-state index contributed by atoms with van der Waals surface area (Å²) >= 11 is 0. The van der Waals surface area contributed by atoms with Gasteiger partial charge in [-0.1, -0.05) is 26.0 Å². The first-order chi connectivity index (χ1) is 7.47. The molecule has 0 unspecified atom stereocenters. The molecule has 0 radical (unpaired) electrons. The Morgan fingerprint density at radius 3 is 2.27 bits per heavy atom. The second kappa shape index (κ2) is 7.92. The summed E-state index contributed by atoms with van der Waals surface area (Å²) in [5.41, 5.74) is 0. The molecule has 2 rings (SSSR count). The van der Waals surface area contributed by atoms with Crippen LogP contribution in [0.1, 0.15) is 58.8 Å². The topological polar surface area (TPSA) is 3.24 Å². The molecule has 1 fully saturated rings. The maximum Gasteiger partial charge on any atom is 0.00983 e. The first kappa shape index (κ1) is 12.8. The lowest BCUT2D eigenvalue weighted by molar-refractivity contribution is 0.215. The predicted octanol–water partition coefficient (Wildman–Crippen LogP) is 4.00. The molecule has 1 heteroatoms. The maximum atomic E-state index is 2.72. The lowest BCUT2D eigenvalue weighted by Gasteiger charge is -2.27. The minimum atomic E-state index is 0.910. The van der Waals surface area contributed by atoms with Crippen molar-refractivity contribution in [3.63, 3.8) is 0 Å². The van der Waals surface area contributed by atoms with Crippen molar-refractivity contribution >= 4 is 0 Å². The fourth-order valence-electron chi connectivity index (χ4n) is 2.61. The fourth-order valence-corrected chi connectivity index (χ4v) is 2.61. The summed E-state index contributed by atoms with van der Waals surface area (Å²) in [5, 5.41) is 0. The lowest BCUT2D eigenvalue weighted by atomic mass is 10.00. The highest BCUT2D eigenvalue weighted by atomic mass is 15.2. The summed E-state index contributed by atoms with van der Waals surface area (Å²) in [6.07, 6.45) is 14.5. The molecule has 2 aliphatic rings. The zero-order valence-corrected chi connectivity index (χ0v) is 10.5. The van der Waals surface area contributed by atoms with Crippen molar-refractivity contribution in [2.45, 2.75) is 64.8 Å². The van der Waals surface area contributed by atoms with Crippen LogP contribution in [0.5, 0.6) is 0 Å². The van der Waals surface area contributed by atoms with Gasteiger partial charge in [-0.15, -0.1) is 0 Å². The molecule has 1 saturated heterocycles. The number of rotatable bonds is 1. The van der Waals surface area contributed by atoms with Crippen molar-refractivity contribution in [1.29, 1.82) is 0 Å². The SMILES string of the molecule is C1=C/CC[C@@H](N2CCCC2)CCC/1.CC. The van der Waals surface area contributed by atoms with Gasteiger partial charge in [-0.25, -0.2) is 0 Å². The number of likely N-dealkylation sites (tertiary alicyclic amines) is 1. The molecular weight excluding hydrogens is 182 g/mol. The van der Waals surface area contributed by atoms with Crippen molar-refractivity contribution in [3.8, 4) is 0 Å². The van der Waals surface area contributed by atoms with Gasteiger partial charge in [0.2, 0.25) is 0 Å². The Kier molecular flexibility index (Phi) is 6.74. The van der Waals surface area contributed by atoms with Crippen molar-refractivity contribution in [1.82, 2.24) is 4.90 Å². The van der Waals surface area contributed by atoms with Crippen LogP contribution in [-0.2, 0) is 0 Å². The van der Waals surface area contributed by atoms with Gasteiger partial charge in [0.05, 0.1) is 0 Å². The number of hydrogen-bond acceptors (Lipinski definition) is 1. The van der Waals surface area contributed by atoms with Crippen LogP contribution >= 0.6 is 0 Å². The Hall–Kier alpha value is -0.300. The number of allylic oxidation sites excluding steroid dienone is 2. The van der Waals surface area contributed by atoms with Gasteiger partial charge in [0.15, 0.2) is 0 Å². The molecule has 0 aromatic carbocycles. The van der Waals surface area contributed by atoms with Gasteiger partial charge in [-0.05, 0) is 58.0 Å². The van der Waals surface area contributed by atoms with Crippen LogP contribution in [0.4, 0.5) is 0 Å². The van der Waals surface area contributed by atoms with E-state index in [1.165, 1.54) is 58.0 Å². The molecular formula is C14H27N. The van der Waals surface area contributed by atoms with Gasteiger partial charge >= 0.3 is 0 Å². The summed E-state index contributed by atoms with van der Waals surface area (Å²) in [5.74, 6) is 0. The molecule has 1 nitrogen and oxygen atoms in total. The van der Waals surface area contributed by atoms with E-state index in [0.29, 0.717) is 0 Å². The molecule has 1 atom stereocenters. The maximum absolute atomic E-state index is 2.72. The first-order valence-corrected chi connectivity index (χ1v) is 6.86. The van der Waals surface area contributed by atoms with Crippen LogP contribution < -0.4 is 0 Å². The Morgan fingerprint density at radius 1 is 0.867 bits per heavy atom. The van der Waals surface area contributed by atoms with Crippen molar-refractivity contribution in [3.05, 3.63) is 12.2 Å². The van der Waals surface area contributed by atoms with E-state index >= 15 is 0 Å². The molecule has 0 saturated carbocycles. The van der Waals surface area contributed by atoms with E-state index in [0.717, 1.165) is 6.04 Å². The highest BCUT2D eigenvalue weighted by Crippen LogP contribution is 2.21. The van der Waals surface area contributed by atoms with Crippen LogP contribution in [0.3, 0.4) is 0 Å². The van der Waals surface area contributed by atoms with Gasteiger partial charge in [0, 0.05) is 6.04 Å². The molecule has 0 bridgehead atoms.